The number of amides is 3. The Kier molecular flexibility index (Phi) is 6.98. The Balaban J connectivity index is 1.53. The van der Waals surface area contributed by atoms with Gasteiger partial charge in [-0.25, -0.2) is 9.18 Å². The van der Waals surface area contributed by atoms with Gasteiger partial charge >= 0.3 is 6.03 Å². The number of halogens is 2. The minimum Gasteiger partial charge on any atom is -0.493 e. The first kappa shape index (κ1) is 23.5. The Morgan fingerprint density at radius 2 is 1.82 bits per heavy atom. The summed E-state index contributed by atoms with van der Waals surface area (Å²) in [5.74, 6) is 0.115. The molecular weight excluding hydrogens is 503 g/mol. The third-order valence-corrected chi connectivity index (χ3v) is 5.81. The fraction of sp³-hybridized carbons (Fsp3) is 0.154. The van der Waals surface area contributed by atoms with E-state index in [9.17, 15) is 14.0 Å². The quantitative estimate of drug-likeness (QED) is 0.323. The first-order valence-corrected chi connectivity index (χ1v) is 11.3. The summed E-state index contributed by atoms with van der Waals surface area (Å²) in [6.07, 6.45) is 1.58. The van der Waals surface area contributed by atoms with E-state index >= 15 is 0 Å². The Bertz CT molecular complexity index is 1290. The molecule has 0 bridgehead atoms. The van der Waals surface area contributed by atoms with E-state index < -0.39 is 11.9 Å². The molecule has 4 rings (SSSR count). The van der Waals surface area contributed by atoms with Gasteiger partial charge < -0.3 is 14.8 Å². The van der Waals surface area contributed by atoms with Crippen LogP contribution in [-0.4, -0.2) is 23.9 Å². The van der Waals surface area contributed by atoms with Gasteiger partial charge in [-0.2, -0.15) is 0 Å². The number of nitrogens with zero attached hydrogens (tertiary/aromatic N) is 1. The van der Waals surface area contributed by atoms with Crippen LogP contribution in [0.25, 0.3) is 6.08 Å². The van der Waals surface area contributed by atoms with E-state index in [2.05, 4.69) is 21.2 Å². The van der Waals surface area contributed by atoms with E-state index in [4.69, 9.17) is 9.47 Å². The maximum atomic E-state index is 13.4. The van der Waals surface area contributed by atoms with Crippen LogP contribution < -0.4 is 14.8 Å². The minimum absolute atomic E-state index is 0.148. The first-order chi connectivity index (χ1) is 16.3. The smallest absolute Gasteiger partial charge is 0.329 e. The average molecular weight is 525 g/mol. The van der Waals surface area contributed by atoms with Crippen molar-refractivity contribution in [2.75, 3.05) is 7.11 Å². The number of urea groups is 1. The van der Waals surface area contributed by atoms with E-state index in [-0.39, 0.29) is 24.7 Å². The molecule has 1 fully saturated rings. The predicted octanol–water partition coefficient (Wildman–Crippen LogP) is 5.58. The van der Waals surface area contributed by atoms with Gasteiger partial charge in [-0.1, -0.05) is 42.0 Å². The SMILES string of the molecule is COc1cc(/C=C2/NC(=O)N(Cc3cccc(C)c3)C2=O)cc(Br)c1OCc1cccc(F)c1. The maximum absolute atomic E-state index is 13.4. The highest BCUT2D eigenvalue weighted by atomic mass is 79.9. The fourth-order valence-electron chi connectivity index (χ4n) is 3.62. The molecule has 1 aliphatic heterocycles. The van der Waals surface area contributed by atoms with Crippen molar-refractivity contribution in [2.24, 2.45) is 0 Å². The number of hydrogen-bond acceptors (Lipinski definition) is 4. The van der Waals surface area contributed by atoms with Gasteiger partial charge in [-0.05, 0) is 69.9 Å². The lowest BCUT2D eigenvalue weighted by atomic mass is 10.1. The van der Waals surface area contributed by atoms with Crippen LogP contribution in [0.15, 0.2) is 70.8 Å². The molecule has 174 valence electrons. The summed E-state index contributed by atoms with van der Waals surface area (Å²) in [7, 11) is 1.50. The van der Waals surface area contributed by atoms with Crippen LogP contribution in [0, 0.1) is 12.7 Å². The molecule has 3 aromatic rings. The van der Waals surface area contributed by atoms with Gasteiger partial charge in [0.1, 0.15) is 18.1 Å². The van der Waals surface area contributed by atoms with Crippen LogP contribution in [-0.2, 0) is 17.9 Å². The van der Waals surface area contributed by atoms with E-state index in [1.54, 1.807) is 30.3 Å². The number of aryl methyl sites for hydroxylation is 1. The summed E-state index contributed by atoms with van der Waals surface area (Å²) < 4.78 is 25.3. The number of hydrogen-bond donors (Lipinski definition) is 1. The maximum Gasteiger partial charge on any atom is 0.329 e. The van der Waals surface area contributed by atoms with E-state index in [1.807, 2.05) is 31.2 Å². The molecule has 0 spiro atoms. The molecule has 1 aliphatic rings. The van der Waals surface area contributed by atoms with Gasteiger partial charge in [0.25, 0.3) is 5.91 Å². The average Bonchev–Trinajstić information content (AvgIpc) is 3.05. The van der Waals surface area contributed by atoms with Crippen LogP contribution in [0.3, 0.4) is 0 Å². The number of benzene rings is 3. The molecular formula is C26H22BrFN2O4. The minimum atomic E-state index is -0.473. The predicted molar refractivity (Wildman–Crippen MR) is 130 cm³/mol. The molecule has 0 saturated carbocycles. The van der Waals surface area contributed by atoms with Gasteiger partial charge in [-0.15, -0.1) is 0 Å². The summed E-state index contributed by atoms with van der Waals surface area (Å²) in [5, 5.41) is 2.64. The van der Waals surface area contributed by atoms with Crippen molar-refractivity contribution in [3.8, 4) is 11.5 Å². The standard InChI is InChI=1S/C26H22BrFN2O4/c1-16-5-3-6-17(9-16)14-30-25(31)22(29-26(30)32)12-19-11-21(27)24(23(13-19)33-2)34-15-18-7-4-8-20(28)10-18/h3-13H,14-15H2,1-2H3,(H,29,32)/b22-12+. The zero-order valence-electron chi connectivity index (χ0n) is 18.6. The summed E-state index contributed by atoms with van der Waals surface area (Å²) >= 11 is 3.48. The number of ether oxygens (including phenoxy) is 2. The van der Waals surface area contributed by atoms with Gasteiger partial charge in [0.15, 0.2) is 11.5 Å². The molecule has 8 heteroatoms. The highest BCUT2D eigenvalue weighted by Crippen LogP contribution is 2.38. The van der Waals surface area contributed by atoms with E-state index in [1.165, 1.54) is 24.1 Å². The molecule has 1 heterocycles. The largest absolute Gasteiger partial charge is 0.493 e. The highest BCUT2D eigenvalue weighted by molar-refractivity contribution is 9.10. The Morgan fingerprint density at radius 3 is 2.56 bits per heavy atom. The molecule has 1 saturated heterocycles. The van der Waals surface area contributed by atoms with E-state index in [0.29, 0.717) is 27.1 Å². The monoisotopic (exact) mass is 524 g/mol. The Labute approximate surface area is 205 Å². The van der Waals surface area contributed by atoms with Crippen molar-refractivity contribution >= 4 is 33.9 Å². The van der Waals surface area contributed by atoms with Crippen LogP contribution in [0.4, 0.5) is 9.18 Å². The Hall–Kier alpha value is -3.65. The molecule has 6 nitrogen and oxygen atoms in total. The highest BCUT2D eigenvalue weighted by Gasteiger charge is 2.33. The molecule has 3 amide bonds. The van der Waals surface area contributed by atoms with Crippen molar-refractivity contribution in [2.45, 2.75) is 20.1 Å². The first-order valence-electron chi connectivity index (χ1n) is 10.5. The second kappa shape index (κ2) is 10.1. The molecule has 0 radical (unpaired) electrons. The van der Waals surface area contributed by atoms with E-state index in [0.717, 1.165) is 11.1 Å². The number of nitrogens with one attached hydrogen (secondary N) is 1. The van der Waals surface area contributed by atoms with Crippen molar-refractivity contribution in [1.82, 2.24) is 10.2 Å². The molecule has 3 aromatic carbocycles. The molecule has 0 unspecified atom stereocenters. The molecule has 34 heavy (non-hydrogen) atoms. The van der Waals surface area contributed by atoms with Crippen molar-refractivity contribution in [3.63, 3.8) is 0 Å². The lowest BCUT2D eigenvalue weighted by Gasteiger charge is -2.14. The fourth-order valence-corrected chi connectivity index (χ4v) is 4.19. The van der Waals surface area contributed by atoms with Gasteiger partial charge in [0.05, 0.1) is 18.1 Å². The molecule has 0 aliphatic carbocycles. The number of rotatable bonds is 7. The molecule has 0 aromatic heterocycles. The van der Waals surface area contributed by atoms with Gasteiger partial charge in [0, 0.05) is 0 Å². The van der Waals surface area contributed by atoms with Crippen LogP contribution >= 0.6 is 15.9 Å². The van der Waals surface area contributed by atoms with Crippen LogP contribution in [0.1, 0.15) is 22.3 Å². The summed E-state index contributed by atoms with van der Waals surface area (Å²) in [6, 6.07) is 16.8. The van der Waals surface area contributed by atoms with Crippen LogP contribution in [0.2, 0.25) is 0 Å². The van der Waals surface area contributed by atoms with Gasteiger partial charge in [0.2, 0.25) is 0 Å². The van der Waals surface area contributed by atoms with Crippen molar-refractivity contribution < 1.29 is 23.5 Å². The third-order valence-electron chi connectivity index (χ3n) is 5.22. The zero-order chi connectivity index (χ0) is 24.2. The summed E-state index contributed by atoms with van der Waals surface area (Å²) in [4.78, 5) is 26.5. The third kappa shape index (κ3) is 5.28. The number of carbonyl (C=O) groups is 2. The van der Waals surface area contributed by atoms with Crippen LogP contribution in [0.5, 0.6) is 11.5 Å². The number of imide groups is 1. The topological polar surface area (TPSA) is 67.9 Å². The van der Waals surface area contributed by atoms with Crippen molar-refractivity contribution in [1.29, 1.82) is 0 Å². The number of carbonyl (C=O) groups excluding carboxylic acids is 2. The number of methoxy groups -OCH3 is 1. The Morgan fingerprint density at radius 1 is 1.06 bits per heavy atom. The summed E-state index contributed by atoms with van der Waals surface area (Å²) in [5.41, 5.74) is 3.39. The molecule has 0 atom stereocenters. The lowest BCUT2D eigenvalue weighted by molar-refractivity contribution is -0.123. The second-order valence-electron chi connectivity index (χ2n) is 7.82. The lowest BCUT2D eigenvalue weighted by Crippen LogP contribution is -2.30. The normalized spacial score (nSPS) is 14.5. The van der Waals surface area contributed by atoms with Crippen molar-refractivity contribution in [3.05, 3.63) is 98.9 Å². The zero-order valence-corrected chi connectivity index (χ0v) is 20.2. The second-order valence-corrected chi connectivity index (χ2v) is 8.68. The van der Waals surface area contributed by atoms with Gasteiger partial charge in [-0.3, -0.25) is 9.69 Å². The summed E-state index contributed by atoms with van der Waals surface area (Å²) in [6.45, 7) is 2.29. The molecule has 1 N–H and O–H groups in total.